The van der Waals surface area contributed by atoms with E-state index in [0.29, 0.717) is 43.5 Å². The third-order valence-corrected chi connectivity index (χ3v) is 4.26. The van der Waals surface area contributed by atoms with Crippen molar-refractivity contribution < 1.29 is 14.3 Å². The van der Waals surface area contributed by atoms with E-state index in [1.165, 1.54) is 0 Å². The van der Waals surface area contributed by atoms with Crippen LogP contribution in [0.5, 0.6) is 5.75 Å². The Morgan fingerprint density at radius 3 is 2.29 bits per heavy atom. The molecule has 6 nitrogen and oxygen atoms in total. The number of ether oxygens (including phenoxy) is 1. The highest BCUT2D eigenvalue weighted by Gasteiger charge is 2.35. The molecule has 2 rings (SSSR count). The Bertz CT molecular complexity index is 581. The summed E-state index contributed by atoms with van der Waals surface area (Å²) in [6.45, 7) is 6.42. The van der Waals surface area contributed by atoms with Crippen LogP contribution >= 0.6 is 11.6 Å². The Kier molecular flexibility index (Phi) is 6.07. The summed E-state index contributed by atoms with van der Waals surface area (Å²) in [5.74, 6) is 0.536. The van der Waals surface area contributed by atoms with E-state index in [1.807, 2.05) is 4.90 Å². The Hall–Kier alpha value is -1.79. The molecule has 2 amide bonds. The van der Waals surface area contributed by atoms with Crippen molar-refractivity contribution in [1.82, 2.24) is 15.1 Å². The first-order chi connectivity index (χ1) is 11.3. The SMILES string of the molecule is CNC(=O)CN1CCN(C(=O)C(C)(C)Oc2ccc(Cl)cc2)CC1. The average Bonchev–Trinajstić information content (AvgIpc) is 2.56. The lowest BCUT2D eigenvalue weighted by Crippen LogP contribution is -2.56. The lowest BCUT2D eigenvalue weighted by Gasteiger charge is -2.38. The summed E-state index contributed by atoms with van der Waals surface area (Å²) in [6, 6.07) is 6.96. The van der Waals surface area contributed by atoms with E-state index in [-0.39, 0.29) is 11.8 Å². The highest BCUT2D eigenvalue weighted by molar-refractivity contribution is 6.30. The second-order valence-corrected chi connectivity index (χ2v) is 6.74. The molecule has 1 aliphatic heterocycles. The van der Waals surface area contributed by atoms with Gasteiger partial charge in [-0.1, -0.05) is 11.6 Å². The van der Waals surface area contributed by atoms with Crippen molar-refractivity contribution >= 4 is 23.4 Å². The minimum atomic E-state index is -0.962. The molecular weight excluding hydrogens is 330 g/mol. The van der Waals surface area contributed by atoms with Gasteiger partial charge in [0.2, 0.25) is 5.91 Å². The first-order valence-corrected chi connectivity index (χ1v) is 8.36. The molecule has 1 heterocycles. The lowest BCUT2D eigenvalue weighted by molar-refractivity contribution is -0.147. The maximum absolute atomic E-state index is 12.8. The molecule has 0 atom stereocenters. The third-order valence-electron chi connectivity index (χ3n) is 4.01. The summed E-state index contributed by atoms with van der Waals surface area (Å²) in [4.78, 5) is 28.0. The molecule has 1 saturated heterocycles. The summed E-state index contributed by atoms with van der Waals surface area (Å²) < 4.78 is 5.85. The van der Waals surface area contributed by atoms with Crippen LogP contribution < -0.4 is 10.1 Å². The van der Waals surface area contributed by atoms with Crippen molar-refractivity contribution in [1.29, 1.82) is 0 Å². The molecule has 1 N–H and O–H groups in total. The largest absolute Gasteiger partial charge is 0.478 e. The topological polar surface area (TPSA) is 61.9 Å². The molecule has 0 radical (unpaired) electrons. The third kappa shape index (κ3) is 4.85. The number of piperazine rings is 1. The van der Waals surface area contributed by atoms with Crippen molar-refractivity contribution in [2.45, 2.75) is 19.4 Å². The quantitative estimate of drug-likeness (QED) is 0.869. The maximum Gasteiger partial charge on any atom is 0.266 e. The number of rotatable bonds is 5. The van der Waals surface area contributed by atoms with Crippen LogP contribution in [0.1, 0.15) is 13.8 Å². The number of nitrogens with zero attached hydrogens (tertiary/aromatic N) is 2. The van der Waals surface area contributed by atoms with Crippen LogP contribution in [0.4, 0.5) is 0 Å². The van der Waals surface area contributed by atoms with Gasteiger partial charge in [0.1, 0.15) is 5.75 Å². The molecule has 0 spiro atoms. The van der Waals surface area contributed by atoms with Gasteiger partial charge in [0.15, 0.2) is 5.60 Å². The molecule has 132 valence electrons. The number of benzene rings is 1. The van der Waals surface area contributed by atoms with Crippen LogP contribution in [0, 0.1) is 0 Å². The lowest BCUT2D eigenvalue weighted by atomic mass is 10.1. The Morgan fingerprint density at radius 2 is 1.75 bits per heavy atom. The van der Waals surface area contributed by atoms with E-state index in [9.17, 15) is 9.59 Å². The summed E-state index contributed by atoms with van der Waals surface area (Å²) in [5.41, 5.74) is -0.962. The van der Waals surface area contributed by atoms with Crippen molar-refractivity contribution in [3.63, 3.8) is 0 Å². The summed E-state index contributed by atoms with van der Waals surface area (Å²) >= 11 is 5.86. The fourth-order valence-electron chi connectivity index (χ4n) is 2.61. The molecule has 0 bridgehead atoms. The molecule has 1 aliphatic rings. The van der Waals surface area contributed by atoms with Crippen LogP contribution in [0.15, 0.2) is 24.3 Å². The van der Waals surface area contributed by atoms with Gasteiger partial charge >= 0.3 is 0 Å². The van der Waals surface area contributed by atoms with Gasteiger partial charge in [-0.15, -0.1) is 0 Å². The van der Waals surface area contributed by atoms with Crippen LogP contribution in [0.25, 0.3) is 0 Å². The molecule has 7 heteroatoms. The first kappa shape index (κ1) is 18.5. The number of likely N-dealkylation sites (N-methyl/N-ethyl adjacent to an activating group) is 1. The van der Waals surface area contributed by atoms with Crippen molar-refractivity contribution in [2.24, 2.45) is 0 Å². The molecule has 0 aliphatic carbocycles. The standard InChI is InChI=1S/C17H24ClN3O3/c1-17(2,24-14-6-4-13(18)5-7-14)16(23)21-10-8-20(9-11-21)12-15(22)19-3/h4-7H,8-12H2,1-3H3,(H,19,22). The zero-order chi connectivity index (χ0) is 17.7. The van der Waals surface area contributed by atoms with Gasteiger partial charge in [0, 0.05) is 38.2 Å². The minimum Gasteiger partial charge on any atom is -0.478 e. The van der Waals surface area contributed by atoms with Crippen LogP contribution in [-0.2, 0) is 9.59 Å². The first-order valence-electron chi connectivity index (χ1n) is 7.99. The number of hydrogen-bond donors (Lipinski definition) is 1. The number of carbonyl (C=O) groups excluding carboxylic acids is 2. The molecule has 1 aromatic rings. The van der Waals surface area contributed by atoms with Crippen molar-refractivity contribution in [3.05, 3.63) is 29.3 Å². The van der Waals surface area contributed by atoms with Gasteiger partial charge < -0.3 is 15.0 Å². The monoisotopic (exact) mass is 353 g/mol. The molecule has 0 unspecified atom stereocenters. The van der Waals surface area contributed by atoms with Crippen LogP contribution in [0.2, 0.25) is 5.02 Å². The number of nitrogens with one attached hydrogen (secondary N) is 1. The van der Waals surface area contributed by atoms with E-state index in [1.54, 1.807) is 50.1 Å². The number of hydrogen-bond acceptors (Lipinski definition) is 4. The zero-order valence-electron chi connectivity index (χ0n) is 14.3. The van der Waals surface area contributed by atoms with E-state index in [2.05, 4.69) is 5.32 Å². The molecule has 1 aromatic carbocycles. The summed E-state index contributed by atoms with van der Waals surface area (Å²) in [6.07, 6.45) is 0. The van der Waals surface area contributed by atoms with Gasteiger partial charge in [-0.05, 0) is 38.1 Å². The van der Waals surface area contributed by atoms with Gasteiger partial charge in [-0.3, -0.25) is 14.5 Å². The van der Waals surface area contributed by atoms with Gasteiger partial charge in [-0.2, -0.15) is 0 Å². The fourth-order valence-corrected chi connectivity index (χ4v) is 2.74. The second-order valence-electron chi connectivity index (χ2n) is 6.31. The van der Waals surface area contributed by atoms with E-state index in [0.717, 1.165) is 0 Å². The molecule has 1 fully saturated rings. The second kappa shape index (κ2) is 7.85. The average molecular weight is 354 g/mol. The van der Waals surface area contributed by atoms with Crippen molar-refractivity contribution in [3.8, 4) is 5.75 Å². The molecular formula is C17H24ClN3O3. The molecule has 24 heavy (non-hydrogen) atoms. The van der Waals surface area contributed by atoms with E-state index in [4.69, 9.17) is 16.3 Å². The normalized spacial score (nSPS) is 15.9. The fraction of sp³-hybridized carbons (Fsp3) is 0.529. The van der Waals surface area contributed by atoms with Gasteiger partial charge in [-0.25, -0.2) is 0 Å². The van der Waals surface area contributed by atoms with E-state index >= 15 is 0 Å². The highest BCUT2D eigenvalue weighted by atomic mass is 35.5. The smallest absolute Gasteiger partial charge is 0.266 e. The Morgan fingerprint density at radius 1 is 1.17 bits per heavy atom. The van der Waals surface area contributed by atoms with Gasteiger partial charge in [0.05, 0.1) is 6.54 Å². The van der Waals surface area contributed by atoms with Crippen LogP contribution in [0.3, 0.4) is 0 Å². The van der Waals surface area contributed by atoms with Crippen molar-refractivity contribution in [2.75, 3.05) is 39.8 Å². The predicted octanol–water partition coefficient (Wildman–Crippen LogP) is 1.39. The minimum absolute atomic E-state index is 0.0128. The Labute approximate surface area is 147 Å². The molecule has 0 aromatic heterocycles. The number of amides is 2. The summed E-state index contributed by atoms with van der Waals surface area (Å²) in [7, 11) is 1.62. The van der Waals surface area contributed by atoms with Crippen LogP contribution in [-0.4, -0.2) is 67.0 Å². The number of halogens is 1. The maximum atomic E-state index is 12.8. The zero-order valence-corrected chi connectivity index (χ0v) is 15.1. The Balaban J connectivity index is 1.91. The van der Waals surface area contributed by atoms with Gasteiger partial charge in [0.25, 0.3) is 5.91 Å². The number of carbonyl (C=O) groups is 2. The highest BCUT2D eigenvalue weighted by Crippen LogP contribution is 2.22. The predicted molar refractivity (Wildman–Crippen MR) is 93.2 cm³/mol. The summed E-state index contributed by atoms with van der Waals surface area (Å²) in [5, 5.41) is 3.24. The van der Waals surface area contributed by atoms with E-state index < -0.39 is 5.60 Å². The molecule has 0 saturated carbocycles.